The van der Waals surface area contributed by atoms with Crippen molar-refractivity contribution >= 4 is 5.57 Å². The molecule has 2 aromatic carbocycles. The minimum absolute atomic E-state index is 0.826. The lowest BCUT2D eigenvalue weighted by Crippen LogP contribution is -2.16. The highest BCUT2D eigenvalue weighted by Gasteiger charge is 2.45. The Labute approximate surface area is 146 Å². The summed E-state index contributed by atoms with van der Waals surface area (Å²) >= 11 is 0. The molecule has 0 radical (unpaired) electrons. The van der Waals surface area contributed by atoms with Gasteiger partial charge in [-0.05, 0) is 85.0 Å². The zero-order valence-electron chi connectivity index (χ0n) is 14.7. The molecular weight excluding hydrogens is 288 g/mol. The van der Waals surface area contributed by atoms with Crippen LogP contribution in [0, 0.1) is 24.7 Å². The zero-order chi connectivity index (χ0) is 16.5. The van der Waals surface area contributed by atoms with Gasteiger partial charge in [0.1, 0.15) is 0 Å². The standard InChI is InChI=1S/C24H28/c1-17-8-6-7-11-23(17)18(2)12-13-20-14-22-15-21(20)16-24(22)19-9-4-3-5-10-19/h3-11,20-22,24H,2,12-16H2,1H3. The molecule has 2 bridgehead atoms. The summed E-state index contributed by atoms with van der Waals surface area (Å²) in [5.74, 6) is 3.63. The fourth-order valence-electron chi connectivity index (χ4n) is 5.32. The lowest BCUT2D eigenvalue weighted by Gasteiger charge is -2.28. The Morgan fingerprint density at radius 1 is 0.917 bits per heavy atom. The average Bonchev–Trinajstić information content (AvgIpc) is 3.21. The number of benzene rings is 2. The molecular formula is C24H28. The fraction of sp³-hybridized carbons (Fsp3) is 0.417. The van der Waals surface area contributed by atoms with Crippen LogP contribution in [0.25, 0.3) is 5.57 Å². The van der Waals surface area contributed by atoms with Gasteiger partial charge in [-0.3, -0.25) is 0 Å². The highest BCUT2D eigenvalue weighted by atomic mass is 14.5. The quantitative estimate of drug-likeness (QED) is 0.581. The van der Waals surface area contributed by atoms with Crippen molar-refractivity contribution in [1.82, 2.24) is 0 Å². The fourth-order valence-corrected chi connectivity index (χ4v) is 5.32. The van der Waals surface area contributed by atoms with Crippen LogP contribution in [0.4, 0.5) is 0 Å². The van der Waals surface area contributed by atoms with E-state index in [1.165, 1.54) is 42.4 Å². The lowest BCUT2D eigenvalue weighted by molar-refractivity contribution is 0.292. The molecule has 24 heavy (non-hydrogen) atoms. The molecule has 0 nitrogen and oxygen atoms in total. The summed E-state index contributed by atoms with van der Waals surface area (Å²) in [4.78, 5) is 0. The molecule has 2 aliphatic carbocycles. The molecule has 124 valence electrons. The second-order valence-corrected chi connectivity index (χ2v) is 7.96. The largest absolute Gasteiger partial charge is 0.0952 e. The van der Waals surface area contributed by atoms with Gasteiger partial charge in [-0.1, -0.05) is 61.2 Å². The first-order chi connectivity index (χ1) is 11.7. The molecule has 4 rings (SSSR count). The van der Waals surface area contributed by atoms with Gasteiger partial charge < -0.3 is 0 Å². The van der Waals surface area contributed by atoms with Crippen LogP contribution in [0.2, 0.25) is 0 Å². The molecule has 2 aliphatic rings. The number of aryl methyl sites for hydroxylation is 1. The monoisotopic (exact) mass is 316 g/mol. The average molecular weight is 316 g/mol. The number of rotatable bonds is 5. The second kappa shape index (κ2) is 6.59. The first kappa shape index (κ1) is 15.7. The minimum atomic E-state index is 0.826. The normalized spacial score (nSPS) is 28.2. The maximum atomic E-state index is 4.37. The highest BCUT2D eigenvalue weighted by molar-refractivity contribution is 5.65. The summed E-state index contributed by atoms with van der Waals surface area (Å²) in [7, 11) is 0. The van der Waals surface area contributed by atoms with Gasteiger partial charge in [-0.15, -0.1) is 0 Å². The number of hydrogen-bond donors (Lipinski definition) is 0. The van der Waals surface area contributed by atoms with E-state index in [1.807, 2.05) is 0 Å². The predicted octanol–water partition coefficient (Wildman–Crippen LogP) is 6.62. The van der Waals surface area contributed by atoms with Crippen LogP contribution in [0.5, 0.6) is 0 Å². The molecule has 0 aromatic heterocycles. The summed E-state index contributed by atoms with van der Waals surface area (Å²) in [6, 6.07) is 19.9. The molecule has 2 fully saturated rings. The first-order valence-electron chi connectivity index (χ1n) is 9.51. The lowest BCUT2D eigenvalue weighted by atomic mass is 9.76. The smallest absolute Gasteiger partial charge is 0.0131 e. The van der Waals surface area contributed by atoms with E-state index in [4.69, 9.17) is 0 Å². The van der Waals surface area contributed by atoms with E-state index in [0.29, 0.717) is 0 Å². The van der Waals surface area contributed by atoms with E-state index in [0.717, 1.165) is 30.1 Å². The maximum Gasteiger partial charge on any atom is -0.0131 e. The van der Waals surface area contributed by atoms with Crippen molar-refractivity contribution < 1.29 is 0 Å². The van der Waals surface area contributed by atoms with Crippen molar-refractivity contribution in [3.05, 3.63) is 77.9 Å². The van der Waals surface area contributed by atoms with E-state index in [9.17, 15) is 0 Å². The summed E-state index contributed by atoms with van der Waals surface area (Å²) in [5, 5.41) is 0. The Hall–Kier alpha value is -1.82. The Bertz CT molecular complexity index is 712. The van der Waals surface area contributed by atoms with E-state index >= 15 is 0 Å². The van der Waals surface area contributed by atoms with E-state index in [2.05, 4.69) is 68.1 Å². The van der Waals surface area contributed by atoms with Crippen molar-refractivity contribution in [3.63, 3.8) is 0 Å². The predicted molar refractivity (Wildman–Crippen MR) is 103 cm³/mol. The molecule has 0 saturated heterocycles. The van der Waals surface area contributed by atoms with Crippen molar-refractivity contribution in [1.29, 1.82) is 0 Å². The van der Waals surface area contributed by atoms with Crippen LogP contribution in [0.15, 0.2) is 61.2 Å². The summed E-state index contributed by atoms with van der Waals surface area (Å²) in [6.07, 6.45) is 6.80. The molecule has 2 aromatic rings. The third-order valence-electron chi connectivity index (χ3n) is 6.57. The molecule has 4 atom stereocenters. The number of hydrogen-bond acceptors (Lipinski definition) is 0. The first-order valence-corrected chi connectivity index (χ1v) is 9.51. The Morgan fingerprint density at radius 3 is 2.38 bits per heavy atom. The number of fused-ring (bicyclic) bond motifs is 2. The zero-order valence-corrected chi connectivity index (χ0v) is 14.7. The van der Waals surface area contributed by atoms with E-state index < -0.39 is 0 Å². The van der Waals surface area contributed by atoms with E-state index in [-0.39, 0.29) is 0 Å². The van der Waals surface area contributed by atoms with Gasteiger partial charge >= 0.3 is 0 Å². The van der Waals surface area contributed by atoms with Gasteiger partial charge in [0.2, 0.25) is 0 Å². The molecule has 0 spiro atoms. The third-order valence-corrected chi connectivity index (χ3v) is 6.57. The van der Waals surface area contributed by atoms with Crippen molar-refractivity contribution in [2.75, 3.05) is 0 Å². The summed E-state index contributed by atoms with van der Waals surface area (Å²) in [6.45, 7) is 6.57. The topological polar surface area (TPSA) is 0 Å². The van der Waals surface area contributed by atoms with Crippen LogP contribution in [0.3, 0.4) is 0 Å². The third kappa shape index (κ3) is 2.95. The Balaban J connectivity index is 1.35. The van der Waals surface area contributed by atoms with Crippen LogP contribution in [0.1, 0.15) is 54.7 Å². The molecule has 0 heterocycles. The molecule has 0 aliphatic heterocycles. The molecule has 0 amide bonds. The van der Waals surface area contributed by atoms with Crippen LogP contribution >= 0.6 is 0 Å². The SMILES string of the molecule is C=C(CCC1CC2CC1CC2c1ccccc1)c1ccccc1C. The Morgan fingerprint density at radius 2 is 1.67 bits per heavy atom. The van der Waals surface area contributed by atoms with Gasteiger partial charge in [-0.2, -0.15) is 0 Å². The van der Waals surface area contributed by atoms with Crippen LogP contribution < -0.4 is 0 Å². The van der Waals surface area contributed by atoms with Gasteiger partial charge in [0.25, 0.3) is 0 Å². The van der Waals surface area contributed by atoms with Crippen LogP contribution in [-0.2, 0) is 0 Å². The molecule has 4 unspecified atom stereocenters. The van der Waals surface area contributed by atoms with Crippen molar-refractivity contribution in [3.8, 4) is 0 Å². The van der Waals surface area contributed by atoms with E-state index in [1.54, 1.807) is 5.56 Å². The van der Waals surface area contributed by atoms with Crippen molar-refractivity contribution in [2.45, 2.75) is 44.9 Å². The number of allylic oxidation sites excluding steroid dienone is 1. The highest BCUT2D eigenvalue weighted by Crippen LogP contribution is 2.57. The Kier molecular flexibility index (Phi) is 4.31. The maximum absolute atomic E-state index is 4.37. The van der Waals surface area contributed by atoms with Gasteiger partial charge in [-0.25, -0.2) is 0 Å². The second-order valence-electron chi connectivity index (χ2n) is 7.96. The van der Waals surface area contributed by atoms with Gasteiger partial charge in [0, 0.05) is 0 Å². The van der Waals surface area contributed by atoms with Crippen molar-refractivity contribution in [2.24, 2.45) is 17.8 Å². The minimum Gasteiger partial charge on any atom is -0.0952 e. The molecule has 0 N–H and O–H groups in total. The molecule has 0 heteroatoms. The van der Waals surface area contributed by atoms with Crippen LogP contribution in [-0.4, -0.2) is 0 Å². The molecule has 2 saturated carbocycles. The van der Waals surface area contributed by atoms with Gasteiger partial charge in [0.15, 0.2) is 0 Å². The summed E-state index contributed by atoms with van der Waals surface area (Å²) in [5.41, 5.74) is 5.63. The van der Waals surface area contributed by atoms with Gasteiger partial charge in [0.05, 0.1) is 0 Å². The summed E-state index contributed by atoms with van der Waals surface area (Å²) < 4.78 is 0.